The second-order valence-corrected chi connectivity index (χ2v) is 3.63. The topological polar surface area (TPSA) is 84.7 Å². The maximum atomic E-state index is 11.3. The first-order chi connectivity index (χ1) is 6.58. The molecule has 5 nitrogen and oxygen atoms in total. The van der Waals surface area contributed by atoms with Crippen molar-refractivity contribution in [3.8, 4) is 0 Å². The highest BCUT2D eigenvalue weighted by Gasteiger charge is 2.05. The van der Waals surface area contributed by atoms with E-state index in [0.717, 1.165) is 0 Å². The molecule has 2 heterocycles. The third-order valence-electron chi connectivity index (χ3n) is 1.90. The molecule has 3 N–H and O–H groups in total. The van der Waals surface area contributed by atoms with E-state index in [1.807, 2.05) is 0 Å². The lowest BCUT2D eigenvalue weighted by Gasteiger charge is -2.01. The summed E-state index contributed by atoms with van der Waals surface area (Å²) in [4.78, 5) is 21.8. The molecule has 0 aliphatic rings. The second kappa shape index (κ2) is 3.06. The molecule has 0 aliphatic carbocycles. The van der Waals surface area contributed by atoms with E-state index in [-0.39, 0.29) is 5.56 Å². The fourth-order valence-corrected chi connectivity index (χ4v) is 1.55. The van der Waals surface area contributed by atoms with Crippen molar-refractivity contribution in [2.45, 2.75) is 6.92 Å². The van der Waals surface area contributed by atoms with Crippen LogP contribution in [-0.4, -0.2) is 15.0 Å². The number of aryl methyl sites for hydroxylation is 1. The second-order valence-electron chi connectivity index (χ2n) is 2.92. The molecule has 0 saturated heterocycles. The first-order valence-corrected chi connectivity index (χ1v) is 4.70. The number of nitrogen functional groups attached to an aromatic ring is 1. The lowest BCUT2D eigenvalue weighted by atomic mass is 10.2. The van der Waals surface area contributed by atoms with Crippen LogP contribution >= 0.6 is 15.9 Å². The maximum Gasteiger partial charge on any atom is 0.252 e. The van der Waals surface area contributed by atoms with Crippen LogP contribution in [0.25, 0.3) is 11.0 Å². The minimum Gasteiger partial charge on any atom is -0.383 e. The lowest BCUT2D eigenvalue weighted by Crippen LogP contribution is -2.10. The van der Waals surface area contributed by atoms with Crippen LogP contribution in [0.4, 0.5) is 5.82 Å². The zero-order valence-electron chi connectivity index (χ0n) is 7.34. The van der Waals surface area contributed by atoms with Crippen molar-refractivity contribution in [1.82, 2.24) is 15.0 Å². The van der Waals surface area contributed by atoms with Gasteiger partial charge in [0.05, 0.1) is 5.39 Å². The number of hydrogen-bond donors (Lipinski definition) is 2. The zero-order valence-corrected chi connectivity index (χ0v) is 8.92. The molecule has 0 bridgehead atoms. The molecule has 72 valence electrons. The highest BCUT2D eigenvalue weighted by atomic mass is 79.9. The average Bonchev–Trinajstić information content (AvgIpc) is 2.08. The molecule has 0 aliphatic heterocycles. The van der Waals surface area contributed by atoms with E-state index in [2.05, 4.69) is 30.9 Å². The van der Waals surface area contributed by atoms with E-state index in [0.29, 0.717) is 27.1 Å². The number of aromatic nitrogens is 3. The van der Waals surface area contributed by atoms with Crippen LogP contribution in [0.15, 0.2) is 15.6 Å². The highest BCUT2D eigenvalue weighted by Crippen LogP contribution is 2.17. The van der Waals surface area contributed by atoms with Crippen molar-refractivity contribution >= 4 is 32.8 Å². The Kier molecular flexibility index (Phi) is 1.99. The maximum absolute atomic E-state index is 11.3. The molecular formula is C8H7BrN4O. The summed E-state index contributed by atoms with van der Waals surface area (Å²) < 4.78 is 0.363. The van der Waals surface area contributed by atoms with E-state index in [9.17, 15) is 4.79 Å². The number of nitrogens with one attached hydrogen (secondary N) is 1. The fourth-order valence-electron chi connectivity index (χ4n) is 1.18. The highest BCUT2D eigenvalue weighted by molar-refractivity contribution is 9.10. The Balaban J connectivity index is 2.96. The molecule has 0 unspecified atom stereocenters. The Bertz CT molecular complexity index is 563. The van der Waals surface area contributed by atoms with Gasteiger partial charge >= 0.3 is 0 Å². The molecule has 0 aromatic carbocycles. The number of nitrogens with zero attached hydrogens (tertiary/aromatic N) is 2. The van der Waals surface area contributed by atoms with E-state index in [4.69, 9.17) is 5.73 Å². The van der Waals surface area contributed by atoms with Crippen molar-refractivity contribution < 1.29 is 0 Å². The number of nitrogens with two attached hydrogens (primary N) is 1. The van der Waals surface area contributed by atoms with Crippen LogP contribution in [-0.2, 0) is 0 Å². The van der Waals surface area contributed by atoms with Crippen molar-refractivity contribution in [3.63, 3.8) is 0 Å². The molecule has 0 saturated carbocycles. The normalized spacial score (nSPS) is 10.7. The van der Waals surface area contributed by atoms with Gasteiger partial charge in [-0.15, -0.1) is 0 Å². The minimum atomic E-state index is -0.164. The van der Waals surface area contributed by atoms with Gasteiger partial charge in [0.2, 0.25) is 4.73 Å². The molecule has 14 heavy (non-hydrogen) atoms. The quantitative estimate of drug-likeness (QED) is 0.687. The van der Waals surface area contributed by atoms with Crippen LogP contribution in [0.5, 0.6) is 0 Å². The van der Waals surface area contributed by atoms with Gasteiger partial charge in [-0.2, -0.15) is 0 Å². The molecule has 0 fully saturated rings. The molecular weight excluding hydrogens is 248 g/mol. The van der Waals surface area contributed by atoms with Gasteiger partial charge in [0, 0.05) is 5.56 Å². The summed E-state index contributed by atoms with van der Waals surface area (Å²) in [5.74, 6) is 0.348. The first kappa shape index (κ1) is 9.14. The summed E-state index contributed by atoms with van der Waals surface area (Å²) in [6.07, 6.45) is 0. The van der Waals surface area contributed by atoms with Gasteiger partial charge in [-0.25, -0.2) is 9.97 Å². The summed E-state index contributed by atoms with van der Waals surface area (Å²) in [6.45, 7) is 1.71. The van der Waals surface area contributed by atoms with Gasteiger partial charge < -0.3 is 10.7 Å². The third kappa shape index (κ3) is 1.37. The number of anilines is 1. The molecule has 0 radical (unpaired) electrons. The summed E-state index contributed by atoms with van der Waals surface area (Å²) in [5, 5.41) is 0.658. The fraction of sp³-hybridized carbons (Fsp3) is 0.125. The Hall–Kier alpha value is -1.43. The SMILES string of the molecule is Cc1cc2c(N)nc(Br)nc2[nH]c1=O. The number of fused-ring (bicyclic) bond motifs is 1. The standard InChI is InChI=1S/C8H7BrN4O/c1-3-2-4-5(10)11-8(9)13-6(4)12-7(3)14/h2H,1H3,(H3,10,11,12,13,14). The summed E-state index contributed by atoms with van der Waals surface area (Å²) in [7, 11) is 0. The van der Waals surface area contributed by atoms with Crippen LogP contribution in [0.3, 0.4) is 0 Å². The van der Waals surface area contributed by atoms with Gasteiger partial charge in [0.1, 0.15) is 11.5 Å². The smallest absolute Gasteiger partial charge is 0.252 e. The van der Waals surface area contributed by atoms with Gasteiger partial charge in [-0.1, -0.05) is 0 Å². The monoisotopic (exact) mass is 254 g/mol. The van der Waals surface area contributed by atoms with E-state index < -0.39 is 0 Å². The first-order valence-electron chi connectivity index (χ1n) is 3.90. The van der Waals surface area contributed by atoms with Crippen LogP contribution in [0, 0.1) is 6.92 Å². The van der Waals surface area contributed by atoms with Gasteiger partial charge in [-0.05, 0) is 28.9 Å². The zero-order chi connectivity index (χ0) is 10.3. The Morgan fingerprint density at radius 2 is 2.21 bits per heavy atom. The van der Waals surface area contributed by atoms with E-state index in [1.54, 1.807) is 13.0 Å². The van der Waals surface area contributed by atoms with Crippen molar-refractivity contribution in [2.24, 2.45) is 0 Å². The number of pyridine rings is 1. The largest absolute Gasteiger partial charge is 0.383 e. The molecule has 6 heteroatoms. The van der Waals surface area contributed by atoms with Gasteiger partial charge in [-0.3, -0.25) is 4.79 Å². The number of halogens is 1. The summed E-state index contributed by atoms with van der Waals surface area (Å²) >= 11 is 3.10. The van der Waals surface area contributed by atoms with Gasteiger partial charge in [0.25, 0.3) is 5.56 Å². The Labute approximate surface area is 87.5 Å². The van der Waals surface area contributed by atoms with Crippen molar-refractivity contribution in [2.75, 3.05) is 5.73 Å². The Morgan fingerprint density at radius 3 is 2.93 bits per heavy atom. The summed E-state index contributed by atoms with van der Waals surface area (Å²) in [5.41, 5.74) is 6.55. The van der Waals surface area contributed by atoms with E-state index >= 15 is 0 Å². The van der Waals surface area contributed by atoms with Crippen molar-refractivity contribution in [1.29, 1.82) is 0 Å². The van der Waals surface area contributed by atoms with Crippen LogP contribution in [0.2, 0.25) is 0 Å². The number of aromatic amines is 1. The lowest BCUT2D eigenvalue weighted by molar-refractivity contribution is 1.11. The third-order valence-corrected chi connectivity index (χ3v) is 2.25. The van der Waals surface area contributed by atoms with Gasteiger partial charge in [0.15, 0.2) is 0 Å². The number of H-pyrrole nitrogens is 1. The van der Waals surface area contributed by atoms with Crippen molar-refractivity contribution in [3.05, 3.63) is 26.7 Å². The molecule has 2 aromatic rings. The average molecular weight is 255 g/mol. The molecule has 0 spiro atoms. The molecule has 2 aromatic heterocycles. The predicted molar refractivity (Wildman–Crippen MR) is 57.0 cm³/mol. The number of hydrogen-bond acceptors (Lipinski definition) is 4. The predicted octanol–water partition coefficient (Wildman–Crippen LogP) is 0.971. The van der Waals surface area contributed by atoms with Crippen LogP contribution in [0.1, 0.15) is 5.56 Å². The Morgan fingerprint density at radius 1 is 1.50 bits per heavy atom. The minimum absolute atomic E-state index is 0.164. The van der Waals surface area contributed by atoms with E-state index in [1.165, 1.54) is 0 Å². The molecule has 0 amide bonds. The summed E-state index contributed by atoms with van der Waals surface area (Å²) in [6, 6.07) is 1.68. The number of rotatable bonds is 0. The van der Waals surface area contributed by atoms with Crippen LogP contribution < -0.4 is 11.3 Å². The molecule has 0 atom stereocenters. The molecule has 2 rings (SSSR count).